The van der Waals surface area contributed by atoms with Crippen molar-refractivity contribution in [1.29, 1.82) is 0 Å². The van der Waals surface area contributed by atoms with E-state index in [2.05, 4.69) is 30.5 Å². The molecule has 31 heavy (non-hydrogen) atoms. The summed E-state index contributed by atoms with van der Waals surface area (Å²) in [5.41, 5.74) is 3.69. The lowest BCUT2D eigenvalue weighted by Crippen LogP contribution is -2.39. The summed E-state index contributed by atoms with van der Waals surface area (Å²) in [6.07, 6.45) is 4.05. The summed E-state index contributed by atoms with van der Waals surface area (Å²) in [4.78, 5) is 20.1. The lowest BCUT2D eigenvalue weighted by Gasteiger charge is -2.33. The number of rotatable bonds is 5. The van der Waals surface area contributed by atoms with E-state index in [0.29, 0.717) is 13.2 Å². The molecule has 3 aromatic rings. The first-order valence-corrected chi connectivity index (χ1v) is 11.0. The summed E-state index contributed by atoms with van der Waals surface area (Å²) >= 11 is 0. The number of hydrogen-bond acceptors (Lipinski definition) is 4. The molecule has 1 atom stereocenters. The predicted octanol–water partition coefficient (Wildman–Crippen LogP) is 4.71. The summed E-state index contributed by atoms with van der Waals surface area (Å²) in [5.74, 6) is 1.32. The Bertz CT molecular complexity index is 1050. The normalized spacial score (nSPS) is 17.2. The smallest absolute Gasteiger partial charge is 0.253 e. The molecule has 0 unspecified atom stereocenters. The number of likely N-dealkylation sites (tertiary alicyclic amines) is 1. The molecule has 4 rings (SSSR count). The zero-order chi connectivity index (χ0) is 22.0. The molecular weight excluding hydrogens is 388 g/mol. The molecule has 0 bridgehead atoms. The summed E-state index contributed by atoms with van der Waals surface area (Å²) in [6, 6.07) is 13.8. The van der Waals surface area contributed by atoms with Gasteiger partial charge in [-0.1, -0.05) is 18.2 Å². The number of nitrogens with zero attached hydrogens (tertiary/aromatic N) is 3. The highest BCUT2D eigenvalue weighted by molar-refractivity contribution is 5.94. The van der Waals surface area contributed by atoms with Gasteiger partial charge in [-0.05, 0) is 63.4 Å². The van der Waals surface area contributed by atoms with Crippen molar-refractivity contribution in [1.82, 2.24) is 14.3 Å². The molecule has 1 N–H and O–H groups in total. The molecule has 1 aliphatic heterocycles. The van der Waals surface area contributed by atoms with Crippen LogP contribution in [-0.2, 0) is 11.3 Å². The predicted molar refractivity (Wildman–Crippen MR) is 124 cm³/mol. The Morgan fingerprint density at radius 1 is 1.19 bits per heavy atom. The van der Waals surface area contributed by atoms with Crippen molar-refractivity contribution in [3.8, 4) is 0 Å². The van der Waals surface area contributed by atoms with Gasteiger partial charge in [-0.15, -0.1) is 0 Å². The van der Waals surface area contributed by atoms with E-state index in [1.54, 1.807) is 7.11 Å². The summed E-state index contributed by atoms with van der Waals surface area (Å²) < 4.78 is 7.29. The highest BCUT2D eigenvalue weighted by Crippen LogP contribution is 2.34. The third-order valence-electron chi connectivity index (χ3n) is 5.66. The number of amides is 1. The Hall–Kier alpha value is -2.86. The van der Waals surface area contributed by atoms with Crippen LogP contribution in [0.5, 0.6) is 0 Å². The number of piperidine rings is 1. The number of carbonyl (C=O) groups is 1. The molecule has 1 aliphatic rings. The van der Waals surface area contributed by atoms with Gasteiger partial charge in [0.15, 0.2) is 0 Å². The second-order valence-corrected chi connectivity index (χ2v) is 9.37. The summed E-state index contributed by atoms with van der Waals surface area (Å²) in [7, 11) is 1.68. The first kappa shape index (κ1) is 21.4. The fourth-order valence-corrected chi connectivity index (χ4v) is 4.26. The first-order valence-electron chi connectivity index (χ1n) is 11.0. The number of methoxy groups -OCH3 is 1. The van der Waals surface area contributed by atoms with E-state index in [1.165, 1.54) is 0 Å². The number of fused-ring (bicyclic) bond motifs is 1. The van der Waals surface area contributed by atoms with E-state index in [1.807, 2.05) is 53.6 Å². The van der Waals surface area contributed by atoms with Gasteiger partial charge in [-0.2, -0.15) is 0 Å². The van der Waals surface area contributed by atoms with E-state index >= 15 is 0 Å². The number of anilines is 1. The second-order valence-electron chi connectivity index (χ2n) is 9.37. The Labute approximate surface area is 184 Å². The van der Waals surface area contributed by atoms with Crippen LogP contribution in [0.15, 0.2) is 48.7 Å². The van der Waals surface area contributed by atoms with Crippen molar-refractivity contribution in [2.24, 2.45) is 0 Å². The van der Waals surface area contributed by atoms with Crippen molar-refractivity contribution in [2.75, 3.05) is 25.5 Å². The van der Waals surface area contributed by atoms with E-state index in [4.69, 9.17) is 9.72 Å². The molecule has 1 fully saturated rings. The van der Waals surface area contributed by atoms with Gasteiger partial charge >= 0.3 is 0 Å². The monoisotopic (exact) mass is 420 g/mol. The Morgan fingerprint density at radius 3 is 2.68 bits per heavy atom. The highest BCUT2D eigenvalue weighted by Gasteiger charge is 2.30. The van der Waals surface area contributed by atoms with Gasteiger partial charge in [-0.3, -0.25) is 9.20 Å². The molecular formula is C25H32N4O2. The molecule has 1 saturated heterocycles. The number of carbonyl (C=O) groups excluding carboxylic acids is 1. The summed E-state index contributed by atoms with van der Waals surface area (Å²) in [6.45, 7) is 8.48. The van der Waals surface area contributed by atoms with Crippen LogP contribution in [0, 0.1) is 0 Å². The van der Waals surface area contributed by atoms with Gasteiger partial charge in [0.05, 0.1) is 12.3 Å². The van der Waals surface area contributed by atoms with Crippen LogP contribution in [0.3, 0.4) is 0 Å². The molecule has 0 saturated carbocycles. The number of aromatic nitrogens is 2. The van der Waals surface area contributed by atoms with E-state index in [-0.39, 0.29) is 17.4 Å². The molecule has 1 aromatic carbocycles. The fourth-order valence-electron chi connectivity index (χ4n) is 4.26. The average Bonchev–Trinajstić information content (AvgIpc) is 3.11. The second kappa shape index (κ2) is 8.71. The molecule has 1 amide bonds. The molecule has 0 radical (unpaired) electrons. The van der Waals surface area contributed by atoms with Crippen LogP contribution < -0.4 is 5.32 Å². The van der Waals surface area contributed by atoms with Crippen molar-refractivity contribution < 1.29 is 9.53 Å². The highest BCUT2D eigenvalue weighted by atomic mass is 16.5. The zero-order valence-electron chi connectivity index (χ0n) is 18.9. The van der Waals surface area contributed by atoms with Gasteiger partial charge < -0.3 is 15.0 Å². The van der Waals surface area contributed by atoms with Crippen molar-refractivity contribution >= 4 is 17.4 Å². The minimum atomic E-state index is -0.0886. The molecule has 0 spiro atoms. The molecule has 164 valence electrons. The number of benzene rings is 1. The molecule has 6 heteroatoms. The van der Waals surface area contributed by atoms with Crippen LogP contribution in [0.4, 0.5) is 5.82 Å². The van der Waals surface area contributed by atoms with Gasteiger partial charge in [0.25, 0.3) is 5.91 Å². The Kier molecular flexibility index (Phi) is 6.01. The van der Waals surface area contributed by atoms with E-state index in [9.17, 15) is 4.79 Å². The summed E-state index contributed by atoms with van der Waals surface area (Å²) in [5, 5.41) is 3.65. The van der Waals surface area contributed by atoms with Crippen LogP contribution in [0.25, 0.3) is 5.65 Å². The van der Waals surface area contributed by atoms with E-state index in [0.717, 1.165) is 47.7 Å². The van der Waals surface area contributed by atoms with E-state index < -0.39 is 0 Å². The topological polar surface area (TPSA) is 58.9 Å². The molecule has 0 aliphatic carbocycles. The molecule has 6 nitrogen and oxygen atoms in total. The van der Waals surface area contributed by atoms with Crippen molar-refractivity contribution in [3.05, 3.63) is 65.5 Å². The maximum absolute atomic E-state index is 13.2. The number of imidazole rings is 1. The van der Waals surface area contributed by atoms with Crippen molar-refractivity contribution in [3.63, 3.8) is 0 Å². The number of pyridine rings is 1. The Morgan fingerprint density at radius 2 is 1.97 bits per heavy atom. The average molecular weight is 421 g/mol. The van der Waals surface area contributed by atoms with Crippen molar-refractivity contribution in [2.45, 2.75) is 51.7 Å². The minimum absolute atomic E-state index is 0.0859. The standard InChI is InChI=1S/C25H32N4O2/c1-25(2,3)27-23-22(26-21-9-5-6-15-29(21)23)20-8-7-14-28(16-20)24(30)19-12-10-18(11-13-19)17-31-4/h5-6,9-13,15,20,27H,7-8,14,16-17H2,1-4H3/t20-/m0/s1. The largest absolute Gasteiger partial charge is 0.380 e. The zero-order valence-corrected chi connectivity index (χ0v) is 18.9. The fraction of sp³-hybridized carbons (Fsp3) is 0.440. The Balaban J connectivity index is 1.59. The lowest BCUT2D eigenvalue weighted by molar-refractivity contribution is 0.0706. The maximum atomic E-state index is 13.2. The first-order chi connectivity index (χ1) is 14.9. The van der Waals surface area contributed by atoms with Gasteiger partial charge in [0.2, 0.25) is 0 Å². The third kappa shape index (κ3) is 4.74. The SMILES string of the molecule is COCc1ccc(C(=O)N2CCC[C@H](c3nc4ccccn4c3NC(C)(C)C)C2)cc1. The van der Waals surface area contributed by atoms with Gasteiger partial charge in [-0.25, -0.2) is 4.98 Å². The van der Waals surface area contributed by atoms with Crippen LogP contribution in [0.1, 0.15) is 61.1 Å². The quantitative estimate of drug-likeness (QED) is 0.649. The third-order valence-corrected chi connectivity index (χ3v) is 5.66. The lowest BCUT2D eigenvalue weighted by atomic mass is 9.93. The van der Waals surface area contributed by atoms with Gasteiger partial charge in [0, 0.05) is 43.4 Å². The van der Waals surface area contributed by atoms with Crippen LogP contribution in [0.2, 0.25) is 0 Å². The van der Waals surface area contributed by atoms with Crippen LogP contribution >= 0.6 is 0 Å². The van der Waals surface area contributed by atoms with Gasteiger partial charge in [0.1, 0.15) is 11.5 Å². The minimum Gasteiger partial charge on any atom is -0.380 e. The number of hydrogen-bond donors (Lipinski definition) is 1. The molecule has 3 heterocycles. The maximum Gasteiger partial charge on any atom is 0.253 e. The molecule has 2 aromatic heterocycles. The number of ether oxygens (including phenoxy) is 1. The number of nitrogens with one attached hydrogen (secondary N) is 1. The van der Waals surface area contributed by atoms with Crippen LogP contribution in [-0.4, -0.2) is 45.9 Å².